The fraction of sp³-hybridized carbons (Fsp3) is 0.278. The van der Waals surface area contributed by atoms with Crippen LogP contribution in [0.5, 0.6) is 0 Å². The molecule has 28 heavy (non-hydrogen) atoms. The van der Waals surface area contributed by atoms with Crippen LogP contribution in [0.1, 0.15) is 5.56 Å². The molecule has 0 saturated carbocycles. The smallest absolute Gasteiger partial charge is 0.340 e. The number of carbonyl (C=O) groups excluding carboxylic acids is 2. The van der Waals surface area contributed by atoms with E-state index < -0.39 is 28.5 Å². The van der Waals surface area contributed by atoms with Crippen LogP contribution in [-0.4, -0.2) is 61.9 Å². The van der Waals surface area contributed by atoms with E-state index in [-0.39, 0.29) is 36.1 Å². The number of hydrogen-bond donors (Lipinski definition) is 0. The number of esters is 1. The Labute approximate surface area is 161 Å². The molecule has 0 fully saturated rings. The van der Waals surface area contributed by atoms with E-state index in [9.17, 15) is 22.4 Å². The fourth-order valence-corrected chi connectivity index (χ4v) is 3.56. The number of ether oxygens (including phenoxy) is 1. The molecular weight excluding hydrogens is 389 g/mol. The molecule has 0 unspecified atom stereocenters. The Hall–Kier alpha value is -3.01. The molecule has 0 N–H and O–H groups in total. The maximum atomic E-state index is 12.9. The quantitative estimate of drug-likeness (QED) is 0.671. The molecule has 3 rings (SSSR count). The minimum Gasteiger partial charge on any atom is -0.452 e. The topological polar surface area (TPSA) is 96.4 Å². The van der Waals surface area contributed by atoms with Crippen LogP contribution >= 0.6 is 0 Å². The number of fused-ring (bicyclic) bond motifs is 1. The summed E-state index contributed by atoms with van der Waals surface area (Å²) in [7, 11) is -1.92. The molecule has 0 atom stereocenters. The second kappa shape index (κ2) is 7.93. The zero-order valence-electron chi connectivity index (χ0n) is 15.0. The van der Waals surface area contributed by atoms with E-state index in [1.165, 1.54) is 35.4 Å². The Morgan fingerprint density at radius 2 is 1.96 bits per heavy atom. The lowest BCUT2D eigenvalue weighted by Gasteiger charge is -2.26. The average molecular weight is 407 g/mol. The molecule has 2 aliphatic heterocycles. The lowest BCUT2D eigenvalue weighted by atomic mass is 10.2. The summed E-state index contributed by atoms with van der Waals surface area (Å²) in [4.78, 5) is 27.2. The number of likely N-dealkylation sites (N-methyl/N-ethyl adjacent to an activating group) is 1. The van der Waals surface area contributed by atoms with Crippen LogP contribution in [0.3, 0.4) is 0 Å². The molecule has 0 bridgehead atoms. The van der Waals surface area contributed by atoms with E-state index >= 15 is 0 Å². The number of nitrogens with zero attached hydrogens (tertiary/aromatic N) is 3. The van der Waals surface area contributed by atoms with Crippen LogP contribution in [0.25, 0.3) is 0 Å². The summed E-state index contributed by atoms with van der Waals surface area (Å²) >= 11 is 0. The highest BCUT2D eigenvalue weighted by atomic mass is 32.2. The van der Waals surface area contributed by atoms with Gasteiger partial charge in [0.2, 0.25) is 0 Å². The number of halogens is 1. The van der Waals surface area contributed by atoms with Gasteiger partial charge < -0.3 is 14.5 Å². The van der Waals surface area contributed by atoms with Gasteiger partial charge in [0.15, 0.2) is 6.61 Å². The first-order valence-corrected chi connectivity index (χ1v) is 9.99. The predicted octanol–water partition coefficient (Wildman–Crippen LogP) is 0.825. The highest BCUT2D eigenvalue weighted by molar-refractivity contribution is 7.90. The standard InChI is InChI=1S/C18H18FN3O5S/c1-21(10-13-2-5-15(19)6-3-13)17(23)12-27-18(24)14-4-7-16-20-28(25,26)9-8-22(16)11-14/h2-7,11H,8-10,12H2,1H3. The van der Waals surface area contributed by atoms with E-state index in [1.807, 2.05) is 0 Å². The lowest BCUT2D eigenvalue weighted by molar-refractivity contribution is -0.148. The van der Waals surface area contributed by atoms with Crippen LogP contribution in [0.2, 0.25) is 0 Å². The Morgan fingerprint density at radius 1 is 1.25 bits per heavy atom. The third kappa shape index (κ3) is 4.83. The van der Waals surface area contributed by atoms with Crippen molar-refractivity contribution in [2.24, 2.45) is 4.40 Å². The molecule has 1 aromatic rings. The van der Waals surface area contributed by atoms with Gasteiger partial charge in [0.1, 0.15) is 11.7 Å². The molecule has 0 spiro atoms. The second-order valence-corrected chi connectivity index (χ2v) is 8.05. The molecule has 2 aliphatic rings. The van der Waals surface area contributed by atoms with Crippen molar-refractivity contribution in [1.29, 1.82) is 0 Å². The van der Waals surface area contributed by atoms with Crippen molar-refractivity contribution in [2.75, 3.05) is 26.0 Å². The predicted molar refractivity (Wildman–Crippen MR) is 99.0 cm³/mol. The molecule has 8 nitrogen and oxygen atoms in total. The van der Waals surface area contributed by atoms with Crippen molar-refractivity contribution in [3.63, 3.8) is 0 Å². The largest absolute Gasteiger partial charge is 0.452 e. The van der Waals surface area contributed by atoms with Crippen LogP contribution in [0.15, 0.2) is 52.6 Å². The lowest BCUT2D eigenvalue weighted by Crippen LogP contribution is -2.37. The monoisotopic (exact) mass is 407 g/mol. The fourth-order valence-electron chi connectivity index (χ4n) is 2.59. The highest BCUT2D eigenvalue weighted by Gasteiger charge is 2.25. The van der Waals surface area contributed by atoms with E-state index in [0.717, 1.165) is 5.56 Å². The van der Waals surface area contributed by atoms with Crippen LogP contribution in [-0.2, 0) is 30.9 Å². The van der Waals surface area contributed by atoms with Gasteiger partial charge >= 0.3 is 5.97 Å². The van der Waals surface area contributed by atoms with Crippen LogP contribution < -0.4 is 0 Å². The van der Waals surface area contributed by atoms with Crippen molar-refractivity contribution >= 4 is 27.7 Å². The number of sulfonamides is 1. The molecule has 0 aromatic heterocycles. The van der Waals surface area contributed by atoms with Crippen molar-refractivity contribution in [3.8, 4) is 0 Å². The van der Waals surface area contributed by atoms with Gasteiger partial charge in [-0.2, -0.15) is 0 Å². The zero-order valence-corrected chi connectivity index (χ0v) is 15.9. The summed E-state index contributed by atoms with van der Waals surface area (Å²) in [5.74, 6) is -1.38. The number of amidine groups is 1. The van der Waals surface area contributed by atoms with Gasteiger partial charge in [-0.3, -0.25) is 4.79 Å². The van der Waals surface area contributed by atoms with E-state index in [0.29, 0.717) is 0 Å². The maximum absolute atomic E-state index is 12.9. The van der Waals surface area contributed by atoms with Crippen molar-refractivity contribution < 1.29 is 27.1 Å². The van der Waals surface area contributed by atoms with Gasteiger partial charge in [0.25, 0.3) is 15.9 Å². The highest BCUT2D eigenvalue weighted by Crippen LogP contribution is 2.16. The van der Waals surface area contributed by atoms with Gasteiger partial charge in [-0.15, -0.1) is 4.40 Å². The molecular formula is C18H18FN3O5S. The van der Waals surface area contributed by atoms with Crippen molar-refractivity contribution in [2.45, 2.75) is 6.54 Å². The first-order chi connectivity index (χ1) is 13.2. The van der Waals surface area contributed by atoms with Gasteiger partial charge in [0.05, 0.1) is 11.3 Å². The summed E-state index contributed by atoms with van der Waals surface area (Å²) in [5, 5.41) is 0. The maximum Gasteiger partial charge on any atom is 0.340 e. The normalized spacial score (nSPS) is 17.3. The first kappa shape index (κ1) is 19.7. The number of carbonyl (C=O) groups is 2. The SMILES string of the molecule is CN(Cc1ccc(F)cc1)C(=O)COC(=O)C1=CN2CCS(=O)(=O)N=C2C=C1. The summed E-state index contributed by atoms with van der Waals surface area (Å²) in [6, 6.07) is 5.75. The summed E-state index contributed by atoms with van der Waals surface area (Å²) in [6.45, 7) is -0.0139. The van der Waals surface area contributed by atoms with Crippen molar-refractivity contribution in [3.05, 3.63) is 59.6 Å². The molecule has 2 heterocycles. The summed E-state index contributed by atoms with van der Waals surface area (Å²) in [5.41, 5.74) is 0.931. The van der Waals surface area contributed by atoms with Gasteiger partial charge in [-0.1, -0.05) is 12.1 Å². The molecule has 0 saturated heterocycles. The zero-order chi connectivity index (χ0) is 20.3. The molecule has 148 valence electrons. The Bertz CT molecular complexity index is 983. The summed E-state index contributed by atoms with van der Waals surface area (Å²) < 4.78 is 44.6. The Balaban J connectivity index is 1.54. The Morgan fingerprint density at radius 3 is 2.68 bits per heavy atom. The molecule has 0 aliphatic carbocycles. The number of amides is 1. The van der Waals surface area contributed by atoms with Gasteiger partial charge in [-0.25, -0.2) is 17.6 Å². The molecule has 1 aromatic carbocycles. The molecule has 10 heteroatoms. The van der Waals surface area contributed by atoms with E-state index in [4.69, 9.17) is 4.74 Å². The van der Waals surface area contributed by atoms with Crippen LogP contribution in [0, 0.1) is 5.82 Å². The van der Waals surface area contributed by atoms with Gasteiger partial charge in [0, 0.05) is 26.3 Å². The number of benzene rings is 1. The Kier molecular flexibility index (Phi) is 5.59. The molecule has 0 radical (unpaired) electrons. The van der Waals surface area contributed by atoms with Crippen LogP contribution in [0.4, 0.5) is 4.39 Å². The first-order valence-electron chi connectivity index (χ1n) is 8.38. The minimum absolute atomic E-state index is 0.143. The summed E-state index contributed by atoms with van der Waals surface area (Å²) in [6.07, 6.45) is 4.25. The second-order valence-electron chi connectivity index (χ2n) is 6.30. The van der Waals surface area contributed by atoms with Gasteiger partial charge in [-0.05, 0) is 29.8 Å². The van der Waals surface area contributed by atoms with E-state index in [1.54, 1.807) is 24.1 Å². The average Bonchev–Trinajstić information content (AvgIpc) is 2.66. The number of hydrogen-bond acceptors (Lipinski definition) is 6. The third-order valence-electron chi connectivity index (χ3n) is 4.15. The van der Waals surface area contributed by atoms with Crippen molar-refractivity contribution in [1.82, 2.24) is 9.80 Å². The van der Waals surface area contributed by atoms with E-state index in [2.05, 4.69) is 4.40 Å². The minimum atomic E-state index is -3.47. The molecule has 1 amide bonds. The number of rotatable bonds is 5. The third-order valence-corrected chi connectivity index (χ3v) is 5.31.